The molecule has 10 heteroatoms. The molecule has 0 N–H and O–H groups in total. The van der Waals surface area contributed by atoms with Gasteiger partial charge in [-0.25, -0.2) is 0 Å². The van der Waals surface area contributed by atoms with E-state index in [1.54, 1.807) is 30.3 Å². The number of Topliss-reactive ketones (excluding diaryl/α,β-unsaturated/α-hetero) is 3. The Bertz CT molecular complexity index is 1450. The van der Waals surface area contributed by atoms with Crippen LogP contribution in [0.2, 0.25) is 0 Å². The van der Waals surface area contributed by atoms with Gasteiger partial charge in [0, 0.05) is 11.6 Å². The van der Waals surface area contributed by atoms with E-state index in [2.05, 4.69) is 4.79 Å². The van der Waals surface area contributed by atoms with Gasteiger partial charge in [0.05, 0.1) is 17.9 Å². The second-order valence-electron chi connectivity index (χ2n) is 7.22. The Balaban J connectivity index is 1.81. The molecule has 9 nitrogen and oxygen atoms in total. The highest BCUT2D eigenvalue weighted by atomic mass is 32.2. The Morgan fingerprint density at radius 2 is 1.61 bits per heavy atom. The minimum absolute atomic E-state index is 0.0377. The van der Waals surface area contributed by atoms with Crippen LogP contribution < -0.4 is 4.18 Å². The number of nitrogens with zero attached hydrogens (tertiary/aromatic N) is 2. The van der Waals surface area contributed by atoms with E-state index in [1.807, 2.05) is 0 Å². The van der Waals surface area contributed by atoms with Gasteiger partial charge in [0.1, 0.15) is 0 Å². The molecule has 164 valence electrons. The first kappa shape index (κ1) is 21.9. The number of carbonyl (C=O) groups excluding carboxylic acids is 4. The topological polar surface area (TPSA) is 148 Å². The number of benzene rings is 2. The molecular weight excluding hydrogens is 448 g/mol. The molecule has 0 saturated carbocycles. The summed E-state index contributed by atoms with van der Waals surface area (Å²) in [6, 6.07) is 13.6. The van der Waals surface area contributed by atoms with Crippen molar-refractivity contribution in [2.75, 3.05) is 0 Å². The van der Waals surface area contributed by atoms with Crippen LogP contribution in [0.25, 0.3) is 5.53 Å². The predicted molar refractivity (Wildman–Crippen MR) is 114 cm³/mol. The highest BCUT2D eigenvalue weighted by Gasteiger charge is 2.49. The summed E-state index contributed by atoms with van der Waals surface area (Å²) in [7, 11) is -4.92. The molecule has 0 radical (unpaired) electrons. The van der Waals surface area contributed by atoms with Crippen molar-refractivity contribution in [3.05, 3.63) is 93.9 Å². The molecule has 4 rings (SSSR count). The minimum atomic E-state index is -4.92. The summed E-state index contributed by atoms with van der Waals surface area (Å²) in [5.74, 6) is -6.29. The number of carbonyl (C=O) groups is 4. The zero-order valence-corrected chi connectivity index (χ0v) is 17.6. The molecule has 0 fully saturated rings. The van der Waals surface area contributed by atoms with Crippen molar-refractivity contribution in [1.82, 2.24) is 0 Å². The van der Waals surface area contributed by atoms with Gasteiger partial charge in [0.2, 0.25) is 5.78 Å². The lowest BCUT2D eigenvalue weighted by molar-refractivity contribution is -0.144. The fourth-order valence-electron chi connectivity index (χ4n) is 3.63. The van der Waals surface area contributed by atoms with E-state index in [0.717, 1.165) is 6.08 Å². The SMILES string of the molecule is [N-]=[N+]=C1C=CC2=C(S(=O)(=O)Oc3ccccc3C(=O)c3ccccc3)C(=O)C(=O)C(=O)[C@H]2C1. The monoisotopic (exact) mass is 462 g/mol. The van der Waals surface area contributed by atoms with Crippen molar-refractivity contribution in [2.24, 2.45) is 5.92 Å². The van der Waals surface area contributed by atoms with Crippen LogP contribution in [0.4, 0.5) is 0 Å². The van der Waals surface area contributed by atoms with E-state index in [1.165, 1.54) is 30.3 Å². The van der Waals surface area contributed by atoms with Crippen molar-refractivity contribution in [3.63, 3.8) is 0 Å². The van der Waals surface area contributed by atoms with Gasteiger partial charge in [-0.2, -0.15) is 13.2 Å². The third kappa shape index (κ3) is 3.89. The Kier molecular flexibility index (Phi) is 5.55. The normalized spacial score (nSPS) is 18.1. The number of hydrogen-bond acceptors (Lipinski definition) is 7. The molecule has 2 aromatic rings. The molecule has 2 aliphatic rings. The molecule has 0 heterocycles. The zero-order valence-electron chi connectivity index (χ0n) is 16.8. The standard InChI is InChI=1S/C23H14N2O7S/c24-25-14-10-11-15-17(12-14)20(27)21(28)22(29)23(15)33(30,31)32-18-9-5-4-8-16(18)19(26)13-6-2-1-3-7-13/h1-11,17H,12H2/t17-/m0/s1. The first-order chi connectivity index (χ1) is 15.7. The van der Waals surface area contributed by atoms with E-state index in [4.69, 9.17) is 9.71 Å². The molecule has 1 atom stereocenters. The first-order valence-electron chi connectivity index (χ1n) is 9.64. The van der Waals surface area contributed by atoms with Crippen molar-refractivity contribution in [2.45, 2.75) is 6.42 Å². The third-order valence-electron chi connectivity index (χ3n) is 5.20. The molecule has 0 amide bonds. The highest BCUT2D eigenvalue weighted by Crippen LogP contribution is 2.35. The Hall–Kier alpha value is -4.27. The second-order valence-corrected chi connectivity index (χ2v) is 8.70. The Morgan fingerprint density at radius 3 is 2.30 bits per heavy atom. The molecule has 0 spiro atoms. The third-order valence-corrected chi connectivity index (χ3v) is 6.52. The number of rotatable bonds is 5. The molecule has 0 aliphatic heterocycles. The first-order valence-corrected chi connectivity index (χ1v) is 11.0. The van der Waals surface area contributed by atoms with Crippen LogP contribution in [0.15, 0.2) is 77.2 Å². The van der Waals surface area contributed by atoms with Gasteiger partial charge in [0.15, 0.2) is 16.4 Å². The lowest BCUT2D eigenvalue weighted by Gasteiger charge is -2.24. The van der Waals surface area contributed by atoms with Gasteiger partial charge in [-0.3, -0.25) is 19.2 Å². The van der Waals surface area contributed by atoms with E-state index in [-0.39, 0.29) is 34.6 Å². The summed E-state index contributed by atoms with van der Waals surface area (Å²) in [6.07, 6.45) is 2.09. The van der Waals surface area contributed by atoms with Gasteiger partial charge in [-0.1, -0.05) is 42.5 Å². The fourth-order valence-corrected chi connectivity index (χ4v) is 4.91. The lowest BCUT2D eigenvalue weighted by atomic mass is 9.78. The van der Waals surface area contributed by atoms with Crippen LogP contribution in [-0.2, 0) is 24.5 Å². The molecule has 2 aromatic carbocycles. The summed E-state index contributed by atoms with van der Waals surface area (Å²) in [4.78, 5) is 51.9. The minimum Gasteiger partial charge on any atom is -0.378 e. The highest BCUT2D eigenvalue weighted by molar-refractivity contribution is 7.92. The van der Waals surface area contributed by atoms with Gasteiger partial charge in [0.25, 0.3) is 17.3 Å². The van der Waals surface area contributed by atoms with Crippen LogP contribution in [0, 0.1) is 5.92 Å². The summed E-state index contributed by atoms with van der Waals surface area (Å²) in [5, 5.41) is 0. The quantitative estimate of drug-likeness (QED) is 0.216. The zero-order chi connectivity index (χ0) is 23.8. The lowest BCUT2D eigenvalue weighted by Crippen LogP contribution is -2.42. The maximum Gasteiger partial charge on any atom is 0.343 e. The van der Waals surface area contributed by atoms with Crippen molar-refractivity contribution >= 4 is 39.0 Å². The average molecular weight is 462 g/mol. The van der Waals surface area contributed by atoms with Crippen LogP contribution in [-0.4, -0.2) is 42.1 Å². The average Bonchev–Trinajstić information content (AvgIpc) is 2.82. The molecule has 0 bridgehead atoms. The maximum atomic E-state index is 13.1. The summed E-state index contributed by atoms with van der Waals surface area (Å²) in [5.41, 5.74) is 8.98. The van der Waals surface area contributed by atoms with Crippen LogP contribution >= 0.6 is 0 Å². The smallest absolute Gasteiger partial charge is 0.343 e. The summed E-state index contributed by atoms with van der Waals surface area (Å²) >= 11 is 0. The molecule has 0 aromatic heterocycles. The fraction of sp³-hybridized carbons (Fsp3) is 0.0870. The van der Waals surface area contributed by atoms with E-state index < -0.39 is 44.1 Å². The van der Waals surface area contributed by atoms with Gasteiger partial charge >= 0.3 is 10.1 Å². The van der Waals surface area contributed by atoms with Crippen LogP contribution in [0.1, 0.15) is 22.3 Å². The number of allylic oxidation sites excluding steroid dienone is 4. The summed E-state index contributed by atoms with van der Waals surface area (Å²) in [6.45, 7) is 0. The van der Waals surface area contributed by atoms with Crippen molar-refractivity contribution in [3.8, 4) is 5.75 Å². The Labute approximate surface area is 187 Å². The van der Waals surface area contributed by atoms with Crippen molar-refractivity contribution < 1.29 is 36.6 Å². The summed E-state index contributed by atoms with van der Waals surface area (Å²) < 4.78 is 31.5. The number of hydrogen-bond donors (Lipinski definition) is 0. The molecule has 0 unspecified atom stereocenters. The van der Waals surface area contributed by atoms with Crippen molar-refractivity contribution in [1.29, 1.82) is 0 Å². The van der Waals surface area contributed by atoms with Gasteiger partial charge in [-0.15, -0.1) is 0 Å². The Morgan fingerprint density at radius 1 is 0.939 bits per heavy atom. The largest absolute Gasteiger partial charge is 0.378 e. The van der Waals surface area contributed by atoms with Crippen LogP contribution in [0.3, 0.4) is 0 Å². The van der Waals surface area contributed by atoms with E-state index >= 15 is 0 Å². The van der Waals surface area contributed by atoms with E-state index in [9.17, 15) is 27.6 Å². The number of para-hydroxylation sites is 1. The maximum absolute atomic E-state index is 13.1. The van der Waals surface area contributed by atoms with E-state index in [0.29, 0.717) is 0 Å². The van der Waals surface area contributed by atoms with Crippen LogP contribution in [0.5, 0.6) is 5.75 Å². The molecular formula is C23H14N2O7S. The number of ketones is 4. The number of fused-ring (bicyclic) bond motifs is 1. The second kappa shape index (κ2) is 8.34. The molecule has 0 saturated heterocycles. The molecule has 33 heavy (non-hydrogen) atoms. The van der Waals surface area contributed by atoms with Gasteiger partial charge < -0.3 is 9.71 Å². The predicted octanol–water partition coefficient (Wildman–Crippen LogP) is 1.85. The molecule has 2 aliphatic carbocycles. The van der Waals surface area contributed by atoms with Gasteiger partial charge in [-0.05, 0) is 23.8 Å².